The zero-order chi connectivity index (χ0) is 22.6. The van der Waals surface area contributed by atoms with Crippen molar-refractivity contribution in [1.82, 2.24) is 0 Å². The third kappa shape index (κ3) is 7.52. The van der Waals surface area contributed by atoms with Crippen molar-refractivity contribution in [2.75, 3.05) is 17.7 Å². The molecule has 0 bridgehead atoms. The van der Waals surface area contributed by atoms with Crippen LogP contribution in [-0.4, -0.2) is 6.61 Å². The molecule has 0 spiro atoms. The van der Waals surface area contributed by atoms with Crippen LogP contribution in [0.25, 0.3) is 0 Å². The highest BCUT2D eigenvalue weighted by Gasteiger charge is 2.06. The van der Waals surface area contributed by atoms with Crippen LogP contribution in [0.15, 0.2) is 72.8 Å². The van der Waals surface area contributed by atoms with Crippen LogP contribution in [0, 0.1) is 5.92 Å². The lowest BCUT2D eigenvalue weighted by Gasteiger charge is -2.15. The van der Waals surface area contributed by atoms with Crippen molar-refractivity contribution in [2.45, 2.75) is 52.6 Å². The number of hydrogen-bond acceptors (Lipinski definition) is 4. The number of benzene rings is 3. The van der Waals surface area contributed by atoms with Gasteiger partial charge in [0, 0.05) is 17.8 Å². The van der Waals surface area contributed by atoms with Crippen molar-refractivity contribution in [3.05, 3.63) is 78.4 Å². The van der Waals surface area contributed by atoms with Gasteiger partial charge < -0.3 is 20.5 Å². The van der Waals surface area contributed by atoms with Crippen molar-refractivity contribution < 1.29 is 9.47 Å². The molecule has 170 valence electrons. The van der Waals surface area contributed by atoms with E-state index in [4.69, 9.17) is 15.2 Å². The van der Waals surface area contributed by atoms with E-state index in [9.17, 15) is 0 Å². The molecule has 0 fully saturated rings. The normalized spacial score (nSPS) is 11.7. The SMILES string of the molecule is CCCC(CC)CCCOc1cccc(Nc2ccc(OCc3ccccc3)cc2N)c1. The summed E-state index contributed by atoms with van der Waals surface area (Å²) < 4.78 is 11.9. The smallest absolute Gasteiger partial charge is 0.122 e. The first kappa shape index (κ1) is 23.5. The van der Waals surface area contributed by atoms with Gasteiger partial charge in [-0.2, -0.15) is 0 Å². The zero-order valence-electron chi connectivity index (χ0n) is 19.3. The second-order valence-electron chi connectivity index (χ2n) is 8.23. The van der Waals surface area contributed by atoms with Gasteiger partial charge in [0.05, 0.1) is 18.0 Å². The Balaban J connectivity index is 1.51. The minimum atomic E-state index is 0.518. The molecule has 3 aromatic rings. The molecule has 0 amide bonds. The maximum absolute atomic E-state index is 6.27. The van der Waals surface area contributed by atoms with Gasteiger partial charge in [-0.3, -0.25) is 0 Å². The number of hydrogen-bond donors (Lipinski definition) is 2. The van der Waals surface area contributed by atoms with E-state index in [-0.39, 0.29) is 0 Å². The average molecular weight is 433 g/mol. The van der Waals surface area contributed by atoms with E-state index < -0.39 is 0 Å². The molecule has 0 heterocycles. The van der Waals surface area contributed by atoms with Gasteiger partial charge in [0.15, 0.2) is 0 Å². The third-order valence-corrected chi connectivity index (χ3v) is 5.68. The molecule has 0 saturated heterocycles. The van der Waals surface area contributed by atoms with Crippen LogP contribution in [0.2, 0.25) is 0 Å². The molecule has 0 radical (unpaired) electrons. The molecular formula is C28H36N2O2. The van der Waals surface area contributed by atoms with Crippen molar-refractivity contribution in [2.24, 2.45) is 5.92 Å². The van der Waals surface area contributed by atoms with E-state index in [1.54, 1.807) is 0 Å². The minimum absolute atomic E-state index is 0.518. The number of nitrogen functional groups attached to an aromatic ring is 1. The molecule has 32 heavy (non-hydrogen) atoms. The molecule has 4 heteroatoms. The van der Waals surface area contributed by atoms with Crippen molar-refractivity contribution in [3.8, 4) is 11.5 Å². The summed E-state index contributed by atoms with van der Waals surface area (Å²) in [5, 5.41) is 3.39. The van der Waals surface area contributed by atoms with Crippen LogP contribution < -0.4 is 20.5 Å². The maximum atomic E-state index is 6.27. The summed E-state index contributed by atoms with van der Waals surface area (Å²) in [4.78, 5) is 0. The van der Waals surface area contributed by atoms with Gasteiger partial charge >= 0.3 is 0 Å². The van der Waals surface area contributed by atoms with E-state index in [1.807, 2.05) is 72.8 Å². The summed E-state index contributed by atoms with van der Waals surface area (Å²) in [5.41, 5.74) is 9.83. The summed E-state index contributed by atoms with van der Waals surface area (Å²) >= 11 is 0. The van der Waals surface area contributed by atoms with Crippen LogP contribution in [0.4, 0.5) is 17.1 Å². The Bertz CT molecular complexity index is 943. The number of ether oxygens (including phenoxy) is 2. The van der Waals surface area contributed by atoms with Gasteiger partial charge in [-0.25, -0.2) is 0 Å². The first-order valence-electron chi connectivity index (χ1n) is 11.7. The number of nitrogens with one attached hydrogen (secondary N) is 1. The highest BCUT2D eigenvalue weighted by Crippen LogP contribution is 2.29. The van der Waals surface area contributed by atoms with Gasteiger partial charge in [0.25, 0.3) is 0 Å². The van der Waals surface area contributed by atoms with Gasteiger partial charge in [0.1, 0.15) is 18.1 Å². The monoisotopic (exact) mass is 432 g/mol. The molecule has 0 aliphatic rings. The summed E-state index contributed by atoms with van der Waals surface area (Å²) in [6.45, 7) is 5.81. The van der Waals surface area contributed by atoms with E-state index in [0.717, 1.165) is 47.4 Å². The minimum Gasteiger partial charge on any atom is -0.494 e. The lowest BCUT2D eigenvalue weighted by molar-refractivity contribution is 0.286. The Hall–Kier alpha value is -3.14. The van der Waals surface area contributed by atoms with Crippen LogP contribution in [0.3, 0.4) is 0 Å². The van der Waals surface area contributed by atoms with Gasteiger partial charge in [-0.15, -0.1) is 0 Å². The Morgan fingerprint density at radius 2 is 1.66 bits per heavy atom. The van der Waals surface area contributed by atoms with Gasteiger partial charge in [-0.05, 0) is 48.6 Å². The maximum Gasteiger partial charge on any atom is 0.122 e. The van der Waals surface area contributed by atoms with E-state index in [1.165, 1.54) is 25.7 Å². The van der Waals surface area contributed by atoms with E-state index >= 15 is 0 Å². The fourth-order valence-electron chi connectivity index (χ4n) is 3.83. The van der Waals surface area contributed by atoms with Crippen molar-refractivity contribution in [3.63, 3.8) is 0 Å². The predicted molar refractivity (Wildman–Crippen MR) is 135 cm³/mol. The molecule has 3 N–H and O–H groups in total. The summed E-state index contributed by atoms with van der Waals surface area (Å²) in [6, 6.07) is 23.9. The Morgan fingerprint density at radius 1 is 0.844 bits per heavy atom. The molecular weight excluding hydrogens is 396 g/mol. The van der Waals surface area contributed by atoms with Gasteiger partial charge in [0.2, 0.25) is 0 Å². The number of nitrogens with two attached hydrogens (primary N) is 1. The topological polar surface area (TPSA) is 56.5 Å². The molecule has 0 aliphatic heterocycles. The lowest BCUT2D eigenvalue weighted by atomic mass is 9.96. The Labute approximate surface area is 192 Å². The van der Waals surface area contributed by atoms with Crippen molar-refractivity contribution in [1.29, 1.82) is 0 Å². The molecule has 1 atom stereocenters. The molecule has 1 unspecified atom stereocenters. The molecule has 0 aliphatic carbocycles. The first-order chi connectivity index (χ1) is 15.7. The molecule has 3 rings (SSSR count). The fourth-order valence-corrected chi connectivity index (χ4v) is 3.83. The van der Waals surface area contributed by atoms with E-state index in [2.05, 4.69) is 19.2 Å². The highest BCUT2D eigenvalue weighted by molar-refractivity contribution is 5.74. The summed E-state index contributed by atoms with van der Waals surface area (Å²) in [5.74, 6) is 2.45. The predicted octanol–water partition coefficient (Wildman–Crippen LogP) is 7.58. The van der Waals surface area contributed by atoms with E-state index in [0.29, 0.717) is 12.3 Å². The van der Waals surface area contributed by atoms with Gasteiger partial charge in [-0.1, -0.05) is 69.5 Å². The second kappa shape index (κ2) is 12.7. The molecule has 4 nitrogen and oxygen atoms in total. The Morgan fingerprint density at radius 3 is 2.41 bits per heavy atom. The number of anilines is 3. The third-order valence-electron chi connectivity index (χ3n) is 5.68. The average Bonchev–Trinajstić information content (AvgIpc) is 2.82. The quantitative estimate of drug-likeness (QED) is 0.216. The molecule has 0 aromatic heterocycles. The van der Waals surface area contributed by atoms with Crippen LogP contribution in [0.5, 0.6) is 11.5 Å². The Kier molecular flexibility index (Phi) is 9.30. The first-order valence-corrected chi connectivity index (χ1v) is 11.7. The molecule has 3 aromatic carbocycles. The summed E-state index contributed by atoms with van der Waals surface area (Å²) in [7, 11) is 0. The highest BCUT2D eigenvalue weighted by atomic mass is 16.5. The second-order valence-corrected chi connectivity index (χ2v) is 8.23. The fraction of sp³-hybridized carbons (Fsp3) is 0.357. The standard InChI is InChI=1S/C28H36N2O2/c1-3-10-22(4-2)13-9-18-31-25-15-8-14-24(19-25)30-28-17-16-26(20-27(28)29)32-21-23-11-6-5-7-12-23/h5-8,11-12,14-17,19-20,22,30H,3-4,9-10,13,18,21,29H2,1-2H3. The largest absolute Gasteiger partial charge is 0.494 e. The van der Waals surface area contributed by atoms with Crippen LogP contribution in [-0.2, 0) is 6.61 Å². The van der Waals surface area contributed by atoms with Crippen LogP contribution in [0.1, 0.15) is 51.5 Å². The lowest BCUT2D eigenvalue weighted by Crippen LogP contribution is -2.04. The summed E-state index contributed by atoms with van der Waals surface area (Å²) in [6.07, 6.45) is 6.15. The zero-order valence-corrected chi connectivity index (χ0v) is 19.3. The molecule has 0 saturated carbocycles. The van der Waals surface area contributed by atoms with Crippen LogP contribution >= 0.6 is 0 Å². The number of rotatable bonds is 13. The van der Waals surface area contributed by atoms with Crippen molar-refractivity contribution >= 4 is 17.1 Å².